The number of anilines is 1. The van der Waals surface area contributed by atoms with Crippen LogP contribution in [0.4, 0.5) is 5.69 Å². The molecule has 12 nitrogen and oxygen atoms in total. The predicted molar refractivity (Wildman–Crippen MR) is 174 cm³/mol. The first-order valence-corrected chi connectivity index (χ1v) is 17.9. The van der Waals surface area contributed by atoms with E-state index in [0.717, 1.165) is 11.3 Å². The molecule has 2 heterocycles. The summed E-state index contributed by atoms with van der Waals surface area (Å²) in [5.74, 6) is -2.47. The second kappa shape index (κ2) is 11.3. The highest BCUT2D eigenvalue weighted by atomic mass is 16.5. The molecule has 1 spiro atoms. The molecule has 2 aliphatic heterocycles. The lowest BCUT2D eigenvalue weighted by Gasteiger charge is -2.70. The molecule has 2 N–H and O–H groups in total. The van der Waals surface area contributed by atoms with Crippen molar-refractivity contribution in [3.05, 3.63) is 29.8 Å². The minimum absolute atomic E-state index is 0.0358. The maximum absolute atomic E-state index is 14.1. The Kier molecular flexibility index (Phi) is 7.75. The number of aliphatic hydroxyl groups is 2. The molecule has 1 unspecified atom stereocenters. The van der Waals surface area contributed by atoms with Crippen molar-refractivity contribution in [3.63, 3.8) is 0 Å². The van der Waals surface area contributed by atoms with E-state index in [-0.39, 0.29) is 84.5 Å². The van der Waals surface area contributed by atoms with Gasteiger partial charge in [0.25, 0.3) is 0 Å². The van der Waals surface area contributed by atoms with Crippen molar-refractivity contribution < 1.29 is 48.3 Å². The third kappa shape index (κ3) is 3.86. The predicted octanol–water partition coefficient (Wildman–Crippen LogP) is 2.04. The number of para-hydroxylation sites is 1. The van der Waals surface area contributed by atoms with E-state index in [1.807, 2.05) is 0 Å². The summed E-state index contributed by atoms with van der Waals surface area (Å²) >= 11 is 0. The summed E-state index contributed by atoms with van der Waals surface area (Å²) in [6.45, 7) is 4.95. The Morgan fingerprint density at radius 2 is 1.80 bits per heavy atom. The number of benzene rings is 1. The maximum Gasteiger partial charge on any atom is 0.340 e. The number of carbonyl (C=O) groups excluding carboxylic acids is 3. The number of carbonyl (C=O) groups is 3. The average Bonchev–Trinajstić information content (AvgIpc) is 3.63. The third-order valence-corrected chi connectivity index (χ3v) is 14.5. The van der Waals surface area contributed by atoms with Crippen LogP contribution in [0, 0.1) is 40.4 Å². The number of ether oxygens (including phenoxy) is 5. The van der Waals surface area contributed by atoms with Crippen LogP contribution in [-0.2, 0) is 33.3 Å². The number of amides is 2. The summed E-state index contributed by atoms with van der Waals surface area (Å²) in [7, 11) is 6.70. The summed E-state index contributed by atoms with van der Waals surface area (Å²) in [5.41, 5.74) is -4.17. The monoisotopic (exact) mass is 682 g/mol. The number of fused-ring (bicyclic) bond motifs is 2. The van der Waals surface area contributed by atoms with Gasteiger partial charge in [0.2, 0.25) is 11.8 Å². The third-order valence-electron chi connectivity index (χ3n) is 14.5. The summed E-state index contributed by atoms with van der Waals surface area (Å²) in [5, 5.41) is 26.6. The first-order chi connectivity index (χ1) is 23.4. The number of esters is 1. The molecular weight excluding hydrogens is 632 g/mol. The van der Waals surface area contributed by atoms with Crippen molar-refractivity contribution in [1.82, 2.24) is 4.90 Å². The summed E-state index contributed by atoms with van der Waals surface area (Å²) in [4.78, 5) is 43.3. The van der Waals surface area contributed by atoms with Gasteiger partial charge in [-0.3, -0.25) is 14.5 Å². The van der Waals surface area contributed by atoms with Crippen molar-refractivity contribution in [2.75, 3.05) is 53.0 Å². The van der Waals surface area contributed by atoms with Gasteiger partial charge in [-0.05, 0) is 43.9 Å². The normalized spacial score (nSPS) is 48.0. The molecule has 0 radical (unpaired) electrons. The van der Waals surface area contributed by atoms with Crippen LogP contribution in [0.5, 0.6) is 0 Å². The second-order valence-corrected chi connectivity index (χ2v) is 16.0. The number of likely N-dealkylation sites (tertiary alicyclic amines) is 1. The van der Waals surface area contributed by atoms with E-state index in [1.165, 1.54) is 0 Å². The van der Waals surface area contributed by atoms with E-state index in [1.54, 1.807) is 59.6 Å². The lowest BCUT2D eigenvalue weighted by atomic mass is 9.42. The Hall–Kier alpha value is -2.45. The van der Waals surface area contributed by atoms with Crippen molar-refractivity contribution in [2.45, 2.75) is 87.6 Å². The number of hydrogen-bond acceptors (Lipinski definition) is 11. The Morgan fingerprint density at radius 1 is 1.04 bits per heavy atom. The maximum atomic E-state index is 14.1. The lowest BCUT2D eigenvalue weighted by molar-refractivity contribution is -0.320. The standard InChI is InChI=1S/C37H50N2O10/c1-7-38-17-34(18-49-32(42)20-10-8-9-11-23(20)39-26(40)14-19(2)31(39)41)13-12-25(46-4)36-22-15-21-24(45-3)16-35(43,27(22)28(21)47-5)37(44,33(36)38)30(48-6)29(34)36/h8-11,19,21-22,24-25,27-30,33,43-44H,7,12-18H2,1-6H3/t19-,21-,22-,24-,25-,27+,28-,29+,30-,33?,34-,35+,36-,37-/m0/s1. The number of imide groups is 1. The molecule has 1 aromatic rings. The van der Waals surface area contributed by atoms with Crippen molar-refractivity contribution in [3.8, 4) is 0 Å². The SMILES string of the molecule is CCN1C[C@]2(COC(=O)c3ccccc3N3C(=O)C[C@H](C)C3=O)CC[C@H](OC)[C@]34C1[C@@](O)([C@@H](OC)[C@H]23)[C@@]1(O)C[C@H](OC)[C@@H]2C[C@H]4[C@@H]1[C@H]2OC. The zero-order chi connectivity index (χ0) is 34.8. The smallest absolute Gasteiger partial charge is 0.340 e. The number of nitrogens with zero attached hydrogens (tertiary/aromatic N) is 2. The number of hydrogen-bond donors (Lipinski definition) is 2. The van der Waals surface area contributed by atoms with Crippen molar-refractivity contribution >= 4 is 23.5 Å². The topological polar surface area (TPSA) is 144 Å². The van der Waals surface area contributed by atoms with Gasteiger partial charge in [-0.15, -0.1) is 0 Å². The van der Waals surface area contributed by atoms with Gasteiger partial charge in [-0.1, -0.05) is 26.0 Å². The molecule has 0 aromatic heterocycles. The second-order valence-electron chi connectivity index (χ2n) is 16.0. The number of rotatable bonds is 9. The Bertz CT molecular complexity index is 1560. The molecule has 5 aliphatic carbocycles. The van der Waals surface area contributed by atoms with E-state index < -0.39 is 46.1 Å². The fourth-order valence-electron chi connectivity index (χ4n) is 13.2. The largest absolute Gasteiger partial charge is 0.461 e. The van der Waals surface area contributed by atoms with Crippen LogP contribution in [0.1, 0.15) is 56.3 Å². The molecule has 7 aliphatic rings. The van der Waals surface area contributed by atoms with E-state index in [0.29, 0.717) is 25.9 Å². The zero-order valence-electron chi connectivity index (χ0n) is 29.3. The molecule has 268 valence electrons. The molecule has 49 heavy (non-hydrogen) atoms. The number of methoxy groups -OCH3 is 4. The van der Waals surface area contributed by atoms with E-state index in [4.69, 9.17) is 23.7 Å². The van der Waals surface area contributed by atoms with Gasteiger partial charge < -0.3 is 33.9 Å². The Labute approximate surface area is 287 Å². The fourth-order valence-corrected chi connectivity index (χ4v) is 13.2. The molecule has 5 saturated carbocycles. The van der Waals surface area contributed by atoms with Gasteiger partial charge in [0.05, 0.1) is 48.3 Å². The minimum Gasteiger partial charge on any atom is -0.461 e. The molecule has 2 saturated heterocycles. The highest BCUT2D eigenvalue weighted by molar-refractivity contribution is 6.22. The fraction of sp³-hybridized carbons (Fsp3) is 0.757. The molecule has 12 heteroatoms. The lowest BCUT2D eigenvalue weighted by Crippen LogP contribution is -2.82. The van der Waals surface area contributed by atoms with Gasteiger partial charge in [0.15, 0.2) is 0 Å². The van der Waals surface area contributed by atoms with Crippen molar-refractivity contribution in [1.29, 1.82) is 0 Å². The first kappa shape index (κ1) is 33.7. The van der Waals surface area contributed by atoms with Crippen LogP contribution in [0.2, 0.25) is 0 Å². The molecule has 7 bridgehead atoms. The van der Waals surface area contributed by atoms with Gasteiger partial charge in [0, 0.05) is 82.3 Å². The van der Waals surface area contributed by atoms with E-state index >= 15 is 0 Å². The number of likely N-dealkylation sites (N-methyl/N-ethyl adjacent to an activating group) is 1. The quantitative estimate of drug-likeness (QED) is 0.292. The van der Waals surface area contributed by atoms with Crippen LogP contribution in [0.25, 0.3) is 0 Å². The van der Waals surface area contributed by atoms with Crippen LogP contribution < -0.4 is 4.90 Å². The van der Waals surface area contributed by atoms with Gasteiger partial charge in [-0.2, -0.15) is 0 Å². The Morgan fingerprint density at radius 3 is 2.43 bits per heavy atom. The van der Waals surface area contributed by atoms with Crippen LogP contribution >= 0.6 is 0 Å². The van der Waals surface area contributed by atoms with Crippen LogP contribution in [0.3, 0.4) is 0 Å². The zero-order valence-corrected chi connectivity index (χ0v) is 29.3. The highest BCUT2D eigenvalue weighted by Gasteiger charge is 2.91. The highest BCUT2D eigenvalue weighted by Crippen LogP contribution is 2.80. The molecule has 7 fully saturated rings. The molecule has 8 rings (SSSR count). The Balaban J connectivity index is 1.23. The average molecular weight is 683 g/mol. The van der Waals surface area contributed by atoms with Gasteiger partial charge in [-0.25, -0.2) is 9.69 Å². The minimum atomic E-state index is -1.70. The summed E-state index contributed by atoms with van der Waals surface area (Å²) in [6.07, 6.45) is 0.813. The van der Waals surface area contributed by atoms with Crippen LogP contribution in [0.15, 0.2) is 24.3 Å². The van der Waals surface area contributed by atoms with Gasteiger partial charge in [0.1, 0.15) is 11.2 Å². The molecule has 2 amide bonds. The molecule has 1 aromatic carbocycles. The van der Waals surface area contributed by atoms with Gasteiger partial charge >= 0.3 is 5.97 Å². The van der Waals surface area contributed by atoms with E-state index in [9.17, 15) is 24.6 Å². The van der Waals surface area contributed by atoms with Crippen molar-refractivity contribution in [2.24, 2.45) is 40.4 Å². The molecular formula is C37H50N2O10. The number of piperidine rings is 1. The first-order valence-electron chi connectivity index (χ1n) is 17.9. The molecule has 14 atom stereocenters. The summed E-state index contributed by atoms with van der Waals surface area (Å²) in [6, 6.07) is 6.12. The van der Waals surface area contributed by atoms with Crippen LogP contribution in [-0.4, -0.2) is 123 Å². The summed E-state index contributed by atoms with van der Waals surface area (Å²) < 4.78 is 31.4. The van der Waals surface area contributed by atoms with E-state index in [2.05, 4.69) is 11.8 Å².